The number of hydrogen-bond acceptors (Lipinski definition) is 2. The van der Waals surface area contributed by atoms with E-state index in [2.05, 4.69) is 0 Å². The van der Waals surface area contributed by atoms with Crippen LogP contribution in [0.5, 0.6) is 0 Å². The number of nitrogens with two attached hydrogens (primary N) is 1. The molecule has 15 heavy (non-hydrogen) atoms. The normalized spacial score (nSPS) is 17.0. The first-order valence-electron chi connectivity index (χ1n) is 4.79. The zero-order chi connectivity index (χ0) is 11.8. The lowest BCUT2D eigenvalue weighted by Crippen LogP contribution is -2.44. The van der Waals surface area contributed by atoms with E-state index in [1.165, 1.54) is 0 Å². The molecule has 0 saturated carbocycles. The van der Waals surface area contributed by atoms with Crippen molar-refractivity contribution in [2.45, 2.75) is 32.2 Å². The fourth-order valence-electron chi connectivity index (χ4n) is 1.57. The maximum Gasteiger partial charge on any atom is 0.240 e. The highest BCUT2D eigenvalue weighted by Gasteiger charge is 2.29. The number of carbonyl (C=O) groups is 2. The second kappa shape index (κ2) is 7.77. The Hall–Kier alpha value is -0.480. The molecule has 1 atom stereocenters. The first kappa shape index (κ1) is 14.5. The van der Waals surface area contributed by atoms with Crippen LogP contribution in [0.4, 0.5) is 0 Å². The number of rotatable bonds is 3. The summed E-state index contributed by atoms with van der Waals surface area (Å²) in [7, 11) is 0. The van der Waals surface area contributed by atoms with Gasteiger partial charge in [-0.25, -0.2) is 0 Å². The lowest BCUT2D eigenvalue weighted by atomic mass is 10.2. The number of hydrogen-bond donors (Lipinski definition) is 1. The van der Waals surface area contributed by atoms with Crippen LogP contribution in [-0.2, 0) is 9.59 Å². The van der Waals surface area contributed by atoms with E-state index >= 15 is 0 Å². The van der Waals surface area contributed by atoms with Gasteiger partial charge in [0.2, 0.25) is 11.8 Å². The molecule has 6 heteroatoms. The standard InChI is InChI=1S/C8H14N2O2.CH2Cl2/c1-2-6(8(9)12)10-5-3-4-7(10)11;2-1-3/h6H,2-5H2,1H3,(H2,9,12);1H2/t6-;/m0./s1. The van der Waals surface area contributed by atoms with Gasteiger partial charge < -0.3 is 10.6 Å². The summed E-state index contributed by atoms with van der Waals surface area (Å²) in [5.74, 6) is -0.339. The second-order valence-electron chi connectivity index (χ2n) is 3.12. The Morgan fingerprint density at radius 3 is 2.40 bits per heavy atom. The van der Waals surface area contributed by atoms with Gasteiger partial charge in [0, 0.05) is 13.0 Å². The van der Waals surface area contributed by atoms with Crippen molar-refractivity contribution in [1.29, 1.82) is 0 Å². The van der Waals surface area contributed by atoms with E-state index in [0.29, 0.717) is 19.4 Å². The Morgan fingerprint density at radius 1 is 1.60 bits per heavy atom. The number of halogens is 2. The SMILES string of the molecule is CC[C@@H](C(N)=O)N1CCCC1=O.ClCCl. The predicted molar refractivity (Wildman–Crippen MR) is 60.8 cm³/mol. The van der Waals surface area contributed by atoms with Crippen LogP contribution in [0.15, 0.2) is 0 Å². The van der Waals surface area contributed by atoms with Crippen LogP contribution in [0.1, 0.15) is 26.2 Å². The minimum absolute atomic E-state index is 0.0562. The summed E-state index contributed by atoms with van der Waals surface area (Å²) >= 11 is 9.53. The molecule has 0 bridgehead atoms. The number of primary amides is 1. The van der Waals surface area contributed by atoms with Gasteiger partial charge in [0.1, 0.15) is 6.04 Å². The molecule has 1 saturated heterocycles. The molecule has 0 aromatic carbocycles. The zero-order valence-electron chi connectivity index (χ0n) is 8.71. The molecule has 0 aromatic heterocycles. The van der Waals surface area contributed by atoms with Crippen molar-refractivity contribution in [3.63, 3.8) is 0 Å². The topological polar surface area (TPSA) is 63.4 Å². The molecule has 2 N–H and O–H groups in total. The van der Waals surface area contributed by atoms with Gasteiger partial charge >= 0.3 is 0 Å². The van der Waals surface area contributed by atoms with Crippen LogP contribution in [0.3, 0.4) is 0 Å². The van der Waals surface area contributed by atoms with Crippen molar-refractivity contribution >= 4 is 35.0 Å². The Morgan fingerprint density at radius 2 is 2.13 bits per heavy atom. The molecule has 4 nitrogen and oxygen atoms in total. The van der Waals surface area contributed by atoms with Gasteiger partial charge in [-0.1, -0.05) is 6.92 Å². The number of amides is 2. The van der Waals surface area contributed by atoms with E-state index in [9.17, 15) is 9.59 Å². The summed E-state index contributed by atoms with van der Waals surface area (Å²) in [5, 5.41) is 0.194. The van der Waals surface area contributed by atoms with Crippen molar-refractivity contribution in [3.8, 4) is 0 Å². The Bertz CT molecular complexity index is 224. The van der Waals surface area contributed by atoms with E-state index in [0.717, 1.165) is 6.42 Å². The average molecular weight is 255 g/mol. The molecule has 0 aliphatic carbocycles. The molecule has 0 unspecified atom stereocenters. The molecule has 88 valence electrons. The van der Waals surface area contributed by atoms with Crippen LogP contribution in [0, 0.1) is 0 Å². The third kappa shape index (κ3) is 4.71. The van der Waals surface area contributed by atoms with Crippen LogP contribution < -0.4 is 5.73 Å². The van der Waals surface area contributed by atoms with Gasteiger partial charge in [-0.3, -0.25) is 9.59 Å². The Kier molecular flexibility index (Phi) is 7.52. The van der Waals surface area contributed by atoms with Gasteiger partial charge in [-0.2, -0.15) is 0 Å². The molecular weight excluding hydrogens is 239 g/mol. The number of alkyl halides is 2. The van der Waals surface area contributed by atoms with Crippen molar-refractivity contribution in [1.82, 2.24) is 4.90 Å². The van der Waals surface area contributed by atoms with E-state index < -0.39 is 5.91 Å². The first-order valence-corrected chi connectivity index (χ1v) is 5.86. The van der Waals surface area contributed by atoms with Crippen molar-refractivity contribution < 1.29 is 9.59 Å². The summed E-state index contributed by atoms with van der Waals surface area (Å²) < 4.78 is 0. The van der Waals surface area contributed by atoms with Gasteiger partial charge in [-0.15, -0.1) is 23.2 Å². The van der Waals surface area contributed by atoms with Gasteiger partial charge in [0.05, 0.1) is 5.34 Å². The summed E-state index contributed by atoms with van der Waals surface area (Å²) in [6.07, 6.45) is 2.02. The molecule has 2 amide bonds. The Balaban J connectivity index is 0.000000583. The molecule has 1 aliphatic heterocycles. The van der Waals surface area contributed by atoms with Crippen LogP contribution in [0.25, 0.3) is 0 Å². The molecule has 1 rings (SSSR count). The van der Waals surface area contributed by atoms with E-state index in [-0.39, 0.29) is 17.3 Å². The molecule has 0 radical (unpaired) electrons. The quantitative estimate of drug-likeness (QED) is 0.772. The molecule has 1 aliphatic rings. The Labute approximate surface area is 99.7 Å². The van der Waals surface area contributed by atoms with Crippen LogP contribution in [-0.4, -0.2) is 34.6 Å². The summed E-state index contributed by atoms with van der Waals surface area (Å²) in [4.78, 5) is 23.7. The fraction of sp³-hybridized carbons (Fsp3) is 0.778. The van der Waals surface area contributed by atoms with Crippen LogP contribution in [0.2, 0.25) is 0 Å². The minimum atomic E-state index is -0.396. The number of likely N-dealkylation sites (tertiary alicyclic amines) is 1. The summed E-state index contributed by atoms with van der Waals surface area (Å²) in [6, 6.07) is -0.389. The predicted octanol–water partition coefficient (Wildman–Crippen LogP) is 1.29. The van der Waals surface area contributed by atoms with E-state index in [1.54, 1.807) is 4.90 Å². The van der Waals surface area contributed by atoms with Crippen molar-refractivity contribution in [2.24, 2.45) is 5.73 Å². The molecule has 1 fully saturated rings. The maximum absolute atomic E-state index is 11.2. The second-order valence-corrected chi connectivity index (χ2v) is 3.93. The first-order chi connectivity index (χ1) is 7.08. The third-order valence-corrected chi connectivity index (χ3v) is 2.20. The smallest absolute Gasteiger partial charge is 0.240 e. The lowest BCUT2D eigenvalue weighted by molar-refractivity contribution is -0.136. The highest BCUT2D eigenvalue weighted by atomic mass is 35.5. The maximum atomic E-state index is 11.2. The van der Waals surface area contributed by atoms with E-state index in [4.69, 9.17) is 28.9 Å². The molecule has 1 heterocycles. The largest absolute Gasteiger partial charge is 0.368 e. The monoisotopic (exact) mass is 254 g/mol. The summed E-state index contributed by atoms with van der Waals surface area (Å²) in [5.41, 5.74) is 5.16. The summed E-state index contributed by atoms with van der Waals surface area (Å²) in [6.45, 7) is 2.54. The van der Waals surface area contributed by atoms with E-state index in [1.807, 2.05) is 6.92 Å². The molecule has 0 spiro atoms. The van der Waals surface area contributed by atoms with Crippen molar-refractivity contribution in [2.75, 3.05) is 11.9 Å². The van der Waals surface area contributed by atoms with Crippen LogP contribution >= 0.6 is 23.2 Å². The fourth-order valence-corrected chi connectivity index (χ4v) is 1.57. The lowest BCUT2D eigenvalue weighted by Gasteiger charge is -2.23. The minimum Gasteiger partial charge on any atom is -0.368 e. The van der Waals surface area contributed by atoms with Gasteiger partial charge in [-0.05, 0) is 12.8 Å². The van der Waals surface area contributed by atoms with Gasteiger partial charge in [0.25, 0.3) is 0 Å². The van der Waals surface area contributed by atoms with Crippen molar-refractivity contribution in [3.05, 3.63) is 0 Å². The third-order valence-electron chi connectivity index (χ3n) is 2.20. The average Bonchev–Trinajstić information content (AvgIpc) is 2.54. The van der Waals surface area contributed by atoms with Gasteiger partial charge in [0.15, 0.2) is 0 Å². The highest BCUT2D eigenvalue weighted by Crippen LogP contribution is 2.15. The molecular formula is C9H16Cl2N2O2. The number of carbonyl (C=O) groups excluding carboxylic acids is 2. The highest BCUT2D eigenvalue weighted by molar-refractivity contribution is 6.40. The zero-order valence-corrected chi connectivity index (χ0v) is 10.2. The number of nitrogens with zero attached hydrogens (tertiary/aromatic N) is 1. The molecule has 0 aromatic rings.